The van der Waals surface area contributed by atoms with E-state index in [0.717, 1.165) is 0 Å². The van der Waals surface area contributed by atoms with Gasteiger partial charge < -0.3 is 16.7 Å². The number of carbonyl (C=O) groups excluding carboxylic acids is 1. The zero-order valence-electron chi connectivity index (χ0n) is 7.37. The van der Waals surface area contributed by atoms with E-state index in [2.05, 4.69) is 5.16 Å². The Kier molecular flexibility index (Phi) is 3.53. The summed E-state index contributed by atoms with van der Waals surface area (Å²) in [4.78, 5) is 11.0. The molecule has 0 aromatic carbocycles. The van der Waals surface area contributed by atoms with E-state index < -0.39 is 11.3 Å². The van der Waals surface area contributed by atoms with Crippen molar-refractivity contribution in [2.45, 2.75) is 26.7 Å². The molecule has 0 rings (SSSR count). The van der Waals surface area contributed by atoms with Gasteiger partial charge in [0.05, 0.1) is 0 Å². The van der Waals surface area contributed by atoms with Crippen LogP contribution in [-0.2, 0) is 4.79 Å². The molecule has 0 spiro atoms. The fraction of sp³-hybridized carbons (Fsp3) is 0.714. The second kappa shape index (κ2) is 3.94. The predicted molar refractivity (Wildman–Crippen MR) is 45.6 cm³/mol. The number of nitrogens with zero attached hydrogens (tertiary/aromatic N) is 1. The Bertz CT molecular complexity index is 197. The van der Waals surface area contributed by atoms with Gasteiger partial charge in [-0.05, 0) is 12.8 Å². The van der Waals surface area contributed by atoms with Crippen molar-refractivity contribution in [1.29, 1.82) is 0 Å². The molecule has 0 aromatic heterocycles. The summed E-state index contributed by atoms with van der Waals surface area (Å²) in [5.74, 6) is -0.664. The third kappa shape index (κ3) is 1.49. The highest BCUT2D eigenvalue weighted by Gasteiger charge is 2.37. The van der Waals surface area contributed by atoms with Crippen molar-refractivity contribution in [3.05, 3.63) is 0 Å². The summed E-state index contributed by atoms with van der Waals surface area (Å²) in [5, 5.41) is 11.3. The molecule has 0 aromatic rings. The normalized spacial score (nSPS) is 13.0. The summed E-state index contributed by atoms with van der Waals surface area (Å²) in [5.41, 5.74) is 9.54. The van der Waals surface area contributed by atoms with Crippen LogP contribution < -0.4 is 11.5 Å². The molecule has 0 aliphatic carbocycles. The maximum absolute atomic E-state index is 11.0. The van der Waals surface area contributed by atoms with Crippen LogP contribution in [0.15, 0.2) is 5.16 Å². The summed E-state index contributed by atoms with van der Waals surface area (Å²) in [7, 11) is 0. The van der Waals surface area contributed by atoms with Crippen molar-refractivity contribution in [3.63, 3.8) is 0 Å². The van der Waals surface area contributed by atoms with E-state index in [9.17, 15) is 4.79 Å². The number of amides is 1. The highest BCUT2D eigenvalue weighted by molar-refractivity contribution is 6.06. The quantitative estimate of drug-likeness (QED) is 0.242. The fourth-order valence-corrected chi connectivity index (χ4v) is 1.18. The SMILES string of the molecule is CCC(CC)(C(N)=O)C(N)=NO. The minimum atomic E-state index is -0.991. The summed E-state index contributed by atoms with van der Waals surface area (Å²) in [6.07, 6.45) is 0.878. The van der Waals surface area contributed by atoms with E-state index in [1.54, 1.807) is 13.8 Å². The van der Waals surface area contributed by atoms with Crippen molar-refractivity contribution >= 4 is 11.7 Å². The van der Waals surface area contributed by atoms with E-state index in [1.807, 2.05) is 0 Å². The first kappa shape index (κ1) is 10.7. The second-order valence-corrected chi connectivity index (χ2v) is 2.64. The fourth-order valence-electron chi connectivity index (χ4n) is 1.18. The van der Waals surface area contributed by atoms with Gasteiger partial charge in [0.2, 0.25) is 5.91 Å². The lowest BCUT2D eigenvalue weighted by atomic mass is 9.80. The Labute approximate surface area is 71.4 Å². The monoisotopic (exact) mass is 173 g/mol. The minimum absolute atomic E-state index is 0.111. The van der Waals surface area contributed by atoms with Gasteiger partial charge >= 0.3 is 0 Å². The topological polar surface area (TPSA) is 102 Å². The highest BCUT2D eigenvalue weighted by atomic mass is 16.4. The van der Waals surface area contributed by atoms with E-state index in [0.29, 0.717) is 12.8 Å². The van der Waals surface area contributed by atoms with Gasteiger partial charge in [0.1, 0.15) is 5.41 Å². The van der Waals surface area contributed by atoms with Crippen LogP contribution in [0.3, 0.4) is 0 Å². The van der Waals surface area contributed by atoms with E-state index in [4.69, 9.17) is 16.7 Å². The van der Waals surface area contributed by atoms with Gasteiger partial charge in [-0.1, -0.05) is 19.0 Å². The Morgan fingerprint density at radius 1 is 1.42 bits per heavy atom. The number of hydrogen-bond donors (Lipinski definition) is 3. The molecular formula is C7H15N3O2. The molecule has 0 saturated heterocycles. The Balaban J connectivity index is 4.96. The van der Waals surface area contributed by atoms with Crippen LogP contribution in [0.25, 0.3) is 0 Å². The van der Waals surface area contributed by atoms with Crippen LogP contribution in [-0.4, -0.2) is 17.0 Å². The summed E-state index contributed by atoms with van der Waals surface area (Å²) < 4.78 is 0. The molecule has 0 radical (unpaired) electrons. The maximum Gasteiger partial charge on any atom is 0.231 e. The molecule has 12 heavy (non-hydrogen) atoms. The predicted octanol–water partition coefficient (Wildman–Crippen LogP) is 0.0245. The highest BCUT2D eigenvalue weighted by Crippen LogP contribution is 2.25. The van der Waals surface area contributed by atoms with Gasteiger partial charge in [0, 0.05) is 0 Å². The first-order chi connectivity index (χ1) is 5.55. The van der Waals surface area contributed by atoms with Crippen LogP contribution in [0.1, 0.15) is 26.7 Å². The van der Waals surface area contributed by atoms with Gasteiger partial charge in [-0.25, -0.2) is 0 Å². The average molecular weight is 173 g/mol. The molecule has 0 heterocycles. The molecule has 0 saturated carbocycles. The lowest BCUT2D eigenvalue weighted by molar-refractivity contribution is -0.124. The molecule has 5 N–H and O–H groups in total. The van der Waals surface area contributed by atoms with Crippen molar-refractivity contribution in [2.24, 2.45) is 22.0 Å². The van der Waals surface area contributed by atoms with E-state index in [-0.39, 0.29) is 5.84 Å². The van der Waals surface area contributed by atoms with Crippen molar-refractivity contribution in [2.75, 3.05) is 0 Å². The van der Waals surface area contributed by atoms with Gasteiger partial charge in [-0.2, -0.15) is 0 Å². The van der Waals surface area contributed by atoms with Gasteiger partial charge in [-0.15, -0.1) is 0 Å². The van der Waals surface area contributed by atoms with Gasteiger partial charge in [-0.3, -0.25) is 4.79 Å². The number of amidine groups is 1. The maximum atomic E-state index is 11.0. The van der Waals surface area contributed by atoms with Crippen LogP contribution in [0.2, 0.25) is 0 Å². The first-order valence-electron chi connectivity index (χ1n) is 3.83. The van der Waals surface area contributed by atoms with Crippen LogP contribution >= 0.6 is 0 Å². The molecule has 0 aliphatic rings. The summed E-state index contributed by atoms with van der Waals surface area (Å²) in [6.45, 7) is 3.54. The van der Waals surface area contributed by atoms with Crippen LogP contribution in [0.4, 0.5) is 0 Å². The van der Waals surface area contributed by atoms with Gasteiger partial charge in [0.15, 0.2) is 5.84 Å². The Hall–Kier alpha value is -1.26. The molecule has 5 heteroatoms. The molecule has 1 amide bonds. The van der Waals surface area contributed by atoms with Crippen LogP contribution in [0.5, 0.6) is 0 Å². The molecule has 0 fully saturated rings. The Morgan fingerprint density at radius 3 is 1.92 bits per heavy atom. The molecule has 0 atom stereocenters. The van der Waals surface area contributed by atoms with E-state index >= 15 is 0 Å². The first-order valence-corrected chi connectivity index (χ1v) is 3.83. The number of carbonyl (C=O) groups is 1. The summed E-state index contributed by atoms with van der Waals surface area (Å²) in [6, 6.07) is 0. The van der Waals surface area contributed by atoms with Gasteiger partial charge in [0.25, 0.3) is 0 Å². The second-order valence-electron chi connectivity index (χ2n) is 2.64. The van der Waals surface area contributed by atoms with E-state index in [1.165, 1.54) is 0 Å². The largest absolute Gasteiger partial charge is 0.409 e. The number of oxime groups is 1. The zero-order chi connectivity index (χ0) is 9.78. The third-order valence-electron chi connectivity index (χ3n) is 2.28. The number of hydrogen-bond acceptors (Lipinski definition) is 3. The smallest absolute Gasteiger partial charge is 0.231 e. The zero-order valence-corrected chi connectivity index (χ0v) is 7.37. The van der Waals surface area contributed by atoms with Crippen molar-refractivity contribution < 1.29 is 10.0 Å². The average Bonchev–Trinajstić information content (AvgIpc) is 2.06. The van der Waals surface area contributed by atoms with Crippen molar-refractivity contribution in [1.82, 2.24) is 0 Å². The standard InChI is InChI=1S/C7H15N3O2/c1-3-7(4-2,6(9)11)5(8)10-12/h12H,3-4H2,1-2H3,(H2,8,10)(H2,9,11). The molecule has 0 aliphatic heterocycles. The molecule has 0 unspecified atom stereocenters. The number of nitrogens with two attached hydrogens (primary N) is 2. The molecular weight excluding hydrogens is 158 g/mol. The Morgan fingerprint density at radius 2 is 1.83 bits per heavy atom. The summed E-state index contributed by atoms with van der Waals surface area (Å²) >= 11 is 0. The molecule has 70 valence electrons. The van der Waals surface area contributed by atoms with Crippen molar-refractivity contribution in [3.8, 4) is 0 Å². The molecule has 0 bridgehead atoms. The molecule has 5 nitrogen and oxygen atoms in total. The number of rotatable bonds is 4. The minimum Gasteiger partial charge on any atom is -0.409 e. The van der Waals surface area contributed by atoms with Crippen LogP contribution in [0, 0.1) is 5.41 Å². The lowest BCUT2D eigenvalue weighted by Crippen LogP contribution is -2.47. The third-order valence-corrected chi connectivity index (χ3v) is 2.28. The lowest BCUT2D eigenvalue weighted by Gasteiger charge is -2.25. The number of primary amides is 1.